The monoisotopic (exact) mass is 220 g/mol. The third-order valence-electron chi connectivity index (χ3n) is 3.54. The molecule has 2 rings (SSSR count). The van der Waals surface area contributed by atoms with Gasteiger partial charge in [-0.15, -0.1) is 0 Å². The van der Waals surface area contributed by atoms with E-state index in [1.54, 1.807) is 6.07 Å². The van der Waals surface area contributed by atoms with Gasteiger partial charge in [-0.1, -0.05) is 19.8 Å². The third kappa shape index (κ3) is 2.38. The molecule has 0 amide bonds. The maximum Gasteiger partial charge on any atom is 0.149 e. The molecule has 88 valence electrons. The summed E-state index contributed by atoms with van der Waals surface area (Å²) in [7, 11) is 0. The van der Waals surface area contributed by atoms with E-state index in [2.05, 4.69) is 17.2 Å². The van der Waals surface area contributed by atoms with E-state index in [1.165, 1.54) is 19.3 Å². The Balaban J connectivity index is 1.91. The second-order valence-corrected chi connectivity index (χ2v) is 4.72. The average Bonchev–Trinajstić information content (AvgIpc) is 2.66. The van der Waals surface area contributed by atoms with Crippen LogP contribution in [0, 0.1) is 11.8 Å². The van der Waals surface area contributed by atoms with Crippen LogP contribution in [0.3, 0.4) is 0 Å². The lowest BCUT2D eigenvalue weighted by Gasteiger charge is -2.16. The summed E-state index contributed by atoms with van der Waals surface area (Å²) in [5, 5.41) is 3.34. The maximum absolute atomic E-state index is 5.66. The van der Waals surface area contributed by atoms with Gasteiger partial charge in [0.2, 0.25) is 0 Å². The van der Waals surface area contributed by atoms with E-state index < -0.39 is 0 Å². The lowest BCUT2D eigenvalue weighted by molar-refractivity contribution is 0.439. The molecule has 4 nitrogen and oxygen atoms in total. The molecule has 0 radical (unpaired) electrons. The first kappa shape index (κ1) is 11.0. The molecule has 0 aromatic carbocycles. The van der Waals surface area contributed by atoms with Crippen molar-refractivity contribution in [3.63, 3.8) is 0 Å². The zero-order valence-electron chi connectivity index (χ0n) is 9.74. The Bertz CT molecular complexity index is 364. The smallest absolute Gasteiger partial charge is 0.149 e. The van der Waals surface area contributed by atoms with E-state index in [9.17, 15) is 0 Å². The fourth-order valence-electron chi connectivity index (χ4n) is 2.35. The Morgan fingerprint density at radius 1 is 1.38 bits per heavy atom. The fraction of sp³-hybridized carbons (Fsp3) is 0.583. The second-order valence-electron chi connectivity index (χ2n) is 4.72. The SMILES string of the molecule is CC1CCCC1CNc1ccc(N)c(N)n1. The van der Waals surface area contributed by atoms with E-state index in [4.69, 9.17) is 11.5 Å². The number of anilines is 3. The number of nitrogens with one attached hydrogen (secondary N) is 1. The zero-order chi connectivity index (χ0) is 11.5. The first-order valence-electron chi connectivity index (χ1n) is 5.92. The van der Waals surface area contributed by atoms with Crippen molar-refractivity contribution >= 4 is 17.3 Å². The summed E-state index contributed by atoms with van der Waals surface area (Å²) in [6.07, 6.45) is 4.02. The first-order valence-corrected chi connectivity index (χ1v) is 5.92. The first-order chi connectivity index (χ1) is 7.66. The highest BCUT2D eigenvalue weighted by atomic mass is 15.0. The topological polar surface area (TPSA) is 77.0 Å². The lowest BCUT2D eigenvalue weighted by atomic mass is 9.98. The highest BCUT2D eigenvalue weighted by Crippen LogP contribution is 2.31. The maximum atomic E-state index is 5.66. The molecule has 2 unspecified atom stereocenters. The van der Waals surface area contributed by atoms with Crippen LogP contribution in [0.5, 0.6) is 0 Å². The largest absolute Gasteiger partial charge is 0.396 e. The van der Waals surface area contributed by atoms with Crippen LogP contribution in [0.25, 0.3) is 0 Å². The zero-order valence-corrected chi connectivity index (χ0v) is 9.74. The number of rotatable bonds is 3. The molecule has 16 heavy (non-hydrogen) atoms. The van der Waals surface area contributed by atoms with Crippen molar-refractivity contribution in [3.05, 3.63) is 12.1 Å². The number of nitrogens with two attached hydrogens (primary N) is 2. The summed E-state index contributed by atoms with van der Waals surface area (Å²) in [6.45, 7) is 3.31. The van der Waals surface area contributed by atoms with Gasteiger partial charge in [-0.2, -0.15) is 0 Å². The molecule has 2 atom stereocenters. The Morgan fingerprint density at radius 3 is 2.81 bits per heavy atom. The molecule has 1 aliphatic rings. The van der Waals surface area contributed by atoms with Crippen LogP contribution in [-0.2, 0) is 0 Å². The van der Waals surface area contributed by atoms with Gasteiger partial charge in [0.1, 0.15) is 11.6 Å². The fourth-order valence-corrected chi connectivity index (χ4v) is 2.35. The summed E-state index contributed by atoms with van der Waals surface area (Å²) in [5.74, 6) is 2.81. The number of nitrogen functional groups attached to an aromatic ring is 2. The van der Waals surface area contributed by atoms with Crippen molar-refractivity contribution in [2.45, 2.75) is 26.2 Å². The Morgan fingerprint density at radius 2 is 2.19 bits per heavy atom. The molecule has 1 aliphatic carbocycles. The molecule has 1 heterocycles. The van der Waals surface area contributed by atoms with Gasteiger partial charge in [0.05, 0.1) is 5.69 Å². The molecule has 1 aromatic heterocycles. The number of nitrogens with zero attached hydrogens (tertiary/aromatic N) is 1. The molecule has 1 fully saturated rings. The van der Waals surface area contributed by atoms with E-state index in [0.29, 0.717) is 11.5 Å². The van der Waals surface area contributed by atoms with E-state index >= 15 is 0 Å². The van der Waals surface area contributed by atoms with Gasteiger partial charge in [0, 0.05) is 6.54 Å². The van der Waals surface area contributed by atoms with Gasteiger partial charge in [0.25, 0.3) is 0 Å². The summed E-state index contributed by atoms with van der Waals surface area (Å²) < 4.78 is 0. The van der Waals surface area contributed by atoms with Crippen LogP contribution < -0.4 is 16.8 Å². The molecule has 0 saturated heterocycles. The lowest BCUT2D eigenvalue weighted by Crippen LogP contribution is -2.17. The average molecular weight is 220 g/mol. The summed E-state index contributed by atoms with van der Waals surface area (Å²) in [6, 6.07) is 3.67. The van der Waals surface area contributed by atoms with Crippen molar-refractivity contribution in [2.24, 2.45) is 11.8 Å². The third-order valence-corrected chi connectivity index (χ3v) is 3.54. The van der Waals surface area contributed by atoms with Crippen molar-refractivity contribution in [1.29, 1.82) is 0 Å². The molecule has 0 spiro atoms. The predicted molar refractivity (Wildman–Crippen MR) is 68.1 cm³/mol. The number of aromatic nitrogens is 1. The van der Waals surface area contributed by atoms with E-state index in [-0.39, 0.29) is 0 Å². The second kappa shape index (κ2) is 4.60. The predicted octanol–water partition coefficient (Wildman–Crippen LogP) is 2.09. The minimum absolute atomic E-state index is 0.407. The number of hydrogen-bond acceptors (Lipinski definition) is 4. The minimum atomic E-state index is 0.407. The molecule has 0 aliphatic heterocycles. The van der Waals surface area contributed by atoms with Crippen LogP contribution in [0.15, 0.2) is 12.1 Å². The molecular formula is C12H20N4. The van der Waals surface area contributed by atoms with Gasteiger partial charge >= 0.3 is 0 Å². The molecule has 4 heteroatoms. The van der Waals surface area contributed by atoms with Crippen LogP contribution in [0.1, 0.15) is 26.2 Å². The minimum Gasteiger partial charge on any atom is -0.396 e. The Kier molecular flexibility index (Phi) is 3.17. The van der Waals surface area contributed by atoms with Crippen LogP contribution >= 0.6 is 0 Å². The van der Waals surface area contributed by atoms with Gasteiger partial charge in [-0.25, -0.2) is 4.98 Å². The molecule has 1 saturated carbocycles. The Labute approximate surface area is 96.4 Å². The van der Waals surface area contributed by atoms with Gasteiger partial charge in [-0.05, 0) is 30.4 Å². The van der Waals surface area contributed by atoms with Gasteiger partial charge in [-0.3, -0.25) is 0 Å². The molecular weight excluding hydrogens is 200 g/mol. The number of pyridine rings is 1. The normalized spacial score (nSPS) is 24.6. The molecule has 0 bridgehead atoms. The quantitative estimate of drug-likeness (QED) is 0.729. The highest BCUT2D eigenvalue weighted by molar-refractivity contribution is 5.61. The van der Waals surface area contributed by atoms with E-state index in [0.717, 1.165) is 24.2 Å². The van der Waals surface area contributed by atoms with Gasteiger partial charge in [0.15, 0.2) is 0 Å². The Hall–Kier alpha value is -1.45. The summed E-state index contributed by atoms with van der Waals surface area (Å²) in [5.41, 5.74) is 11.8. The van der Waals surface area contributed by atoms with Gasteiger partial charge < -0.3 is 16.8 Å². The molecule has 1 aromatic rings. The summed E-state index contributed by atoms with van der Waals surface area (Å²) in [4.78, 5) is 4.20. The van der Waals surface area contributed by atoms with Crippen LogP contribution in [-0.4, -0.2) is 11.5 Å². The van der Waals surface area contributed by atoms with Crippen LogP contribution in [0.2, 0.25) is 0 Å². The van der Waals surface area contributed by atoms with Crippen LogP contribution in [0.4, 0.5) is 17.3 Å². The standard InChI is InChI=1S/C12H20N4/c1-8-3-2-4-9(8)7-15-11-6-5-10(13)12(14)16-11/h5-6,8-9H,2-4,7,13H2,1H3,(H3,14,15,16). The van der Waals surface area contributed by atoms with E-state index in [1.807, 2.05) is 6.07 Å². The van der Waals surface area contributed by atoms with Crippen molar-refractivity contribution in [3.8, 4) is 0 Å². The number of hydrogen-bond donors (Lipinski definition) is 3. The highest BCUT2D eigenvalue weighted by Gasteiger charge is 2.22. The molecule has 5 N–H and O–H groups in total. The van der Waals surface area contributed by atoms with Crippen molar-refractivity contribution in [2.75, 3.05) is 23.3 Å². The summed E-state index contributed by atoms with van der Waals surface area (Å²) >= 11 is 0. The van der Waals surface area contributed by atoms with Crippen molar-refractivity contribution < 1.29 is 0 Å². The van der Waals surface area contributed by atoms with Crippen molar-refractivity contribution in [1.82, 2.24) is 4.98 Å².